The normalized spacial score (nSPS) is 11.8. The summed E-state index contributed by atoms with van der Waals surface area (Å²) in [7, 11) is 0. The Morgan fingerprint density at radius 1 is 0.950 bits per heavy atom. The average Bonchev–Trinajstić information content (AvgIpc) is 2.80. The average molecular weight is 277 g/mol. The molecule has 102 valence electrons. The van der Waals surface area contributed by atoms with Gasteiger partial charge in [-0.25, -0.2) is 4.98 Å². The second-order valence-corrected chi connectivity index (χ2v) is 4.30. The highest BCUT2D eigenvalue weighted by molar-refractivity contribution is 5.78. The number of imidazole rings is 1. The third-order valence-corrected chi connectivity index (χ3v) is 2.86. The lowest BCUT2D eigenvalue weighted by Crippen LogP contribution is -2.04. The molecule has 20 heavy (non-hydrogen) atoms. The van der Waals surface area contributed by atoms with Crippen LogP contribution < -0.4 is 5.32 Å². The first kappa shape index (κ1) is 12.5. The maximum Gasteiger partial charge on any atom is 0.416 e. The Hall–Kier alpha value is -2.50. The van der Waals surface area contributed by atoms with Crippen molar-refractivity contribution < 1.29 is 13.2 Å². The Balaban J connectivity index is 1.84. The van der Waals surface area contributed by atoms with E-state index < -0.39 is 11.7 Å². The van der Waals surface area contributed by atoms with E-state index >= 15 is 0 Å². The molecule has 3 rings (SSSR count). The molecule has 0 aliphatic carbocycles. The van der Waals surface area contributed by atoms with Gasteiger partial charge in [0.15, 0.2) is 0 Å². The van der Waals surface area contributed by atoms with E-state index in [0.29, 0.717) is 11.6 Å². The van der Waals surface area contributed by atoms with Crippen molar-refractivity contribution in [1.82, 2.24) is 9.97 Å². The van der Waals surface area contributed by atoms with E-state index in [0.717, 1.165) is 23.2 Å². The molecule has 6 heteroatoms. The van der Waals surface area contributed by atoms with Crippen molar-refractivity contribution >= 4 is 22.7 Å². The Kier molecular flexibility index (Phi) is 2.85. The van der Waals surface area contributed by atoms with Gasteiger partial charge in [0.25, 0.3) is 0 Å². The summed E-state index contributed by atoms with van der Waals surface area (Å²) >= 11 is 0. The summed E-state index contributed by atoms with van der Waals surface area (Å²) in [6.45, 7) is 0. The van der Waals surface area contributed by atoms with Crippen LogP contribution in [0.5, 0.6) is 0 Å². The van der Waals surface area contributed by atoms with Gasteiger partial charge >= 0.3 is 6.18 Å². The second kappa shape index (κ2) is 4.56. The molecule has 1 heterocycles. The fourth-order valence-corrected chi connectivity index (χ4v) is 1.89. The summed E-state index contributed by atoms with van der Waals surface area (Å²) in [5.41, 5.74) is 1.52. The third kappa shape index (κ3) is 2.45. The molecule has 0 spiro atoms. The van der Waals surface area contributed by atoms with Gasteiger partial charge in [0.1, 0.15) is 0 Å². The van der Waals surface area contributed by atoms with Crippen LogP contribution in [0.25, 0.3) is 11.0 Å². The Morgan fingerprint density at radius 3 is 2.30 bits per heavy atom. The molecule has 0 amide bonds. The number of aromatic amines is 1. The Labute approximate surface area is 112 Å². The lowest BCUT2D eigenvalue weighted by molar-refractivity contribution is -0.137. The zero-order chi connectivity index (χ0) is 14.2. The lowest BCUT2D eigenvalue weighted by Gasteiger charge is -2.07. The van der Waals surface area contributed by atoms with Crippen molar-refractivity contribution in [3.05, 3.63) is 54.1 Å². The number of alkyl halides is 3. The van der Waals surface area contributed by atoms with Crippen molar-refractivity contribution in [1.29, 1.82) is 0 Å². The van der Waals surface area contributed by atoms with E-state index in [1.54, 1.807) is 0 Å². The zero-order valence-electron chi connectivity index (χ0n) is 10.2. The van der Waals surface area contributed by atoms with Crippen LogP contribution >= 0.6 is 0 Å². The van der Waals surface area contributed by atoms with Crippen molar-refractivity contribution in [2.24, 2.45) is 0 Å². The predicted octanol–water partition coefficient (Wildman–Crippen LogP) is 4.33. The summed E-state index contributed by atoms with van der Waals surface area (Å²) in [5, 5.41) is 2.94. The van der Waals surface area contributed by atoms with Crippen molar-refractivity contribution in [2.45, 2.75) is 6.18 Å². The Bertz CT molecular complexity index is 696. The monoisotopic (exact) mass is 277 g/mol. The molecule has 0 fully saturated rings. The number of para-hydroxylation sites is 2. The number of hydrogen-bond acceptors (Lipinski definition) is 2. The molecule has 0 saturated carbocycles. The van der Waals surface area contributed by atoms with E-state index in [9.17, 15) is 13.2 Å². The van der Waals surface area contributed by atoms with Gasteiger partial charge in [-0.3, -0.25) is 0 Å². The van der Waals surface area contributed by atoms with E-state index in [-0.39, 0.29) is 0 Å². The zero-order valence-corrected chi connectivity index (χ0v) is 10.2. The molecule has 0 unspecified atom stereocenters. The van der Waals surface area contributed by atoms with Gasteiger partial charge in [-0.2, -0.15) is 13.2 Å². The highest BCUT2D eigenvalue weighted by atomic mass is 19.4. The molecule has 0 saturated heterocycles. The molecule has 0 atom stereocenters. The molecule has 0 aliphatic rings. The first-order valence-electron chi connectivity index (χ1n) is 5.91. The number of H-pyrrole nitrogens is 1. The topological polar surface area (TPSA) is 40.7 Å². The Morgan fingerprint density at radius 2 is 1.65 bits per heavy atom. The number of anilines is 2. The van der Waals surface area contributed by atoms with Crippen molar-refractivity contribution in [3.8, 4) is 0 Å². The van der Waals surface area contributed by atoms with Crippen LogP contribution in [0.4, 0.5) is 24.8 Å². The number of hydrogen-bond donors (Lipinski definition) is 2. The van der Waals surface area contributed by atoms with Gasteiger partial charge in [0.05, 0.1) is 16.6 Å². The van der Waals surface area contributed by atoms with E-state index in [1.807, 2.05) is 24.3 Å². The van der Waals surface area contributed by atoms with Crippen LogP contribution in [-0.2, 0) is 6.18 Å². The van der Waals surface area contributed by atoms with Crippen LogP contribution in [0.15, 0.2) is 48.5 Å². The van der Waals surface area contributed by atoms with E-state index in [1.165, 1.54) is 12.1 Å². The number of benzene rings is 2. The highest BCUT2D eigenvalue weighted by Gasteiger charge is 2.29. The quantitative estimate of drug-likeness (QED) is 0.732. The summed E-state index contributed by atoms with van der Waals surface area (Å²) < 4.78 is 37.3. The largest absolute Gasteiger partial charge is 0.416 e. The predicted molar refractivity (Wildman–Crippen MR) is 70.8 cm³/mol. The molecule has 2 aromatic carbocycles. The minimum atomic E-state index is -4.32. The standard InChI is InChI=1S/C14H10F3N3/c15-14(16,17)9-5-7-10(8-6-9)18-13-19-11-3-1-2-4-12(11)20-13/h1-8H,(H2,18,19,20). The summed E-state index contributed by atoms with van der Waals surface area (Å²) in [6.07, 6.45) is -4.32. The van der Waals surface area contributed by atoms with E-state index in [4.69, 9.17) is 0 Å². The maximum atomic E-state index is 12.4. The number of rotatable bonds is 2. The van der Waals surface area contributed by atoms with Crippen LogP contribution in [0, 0.1) is 0 Å². The number of halogens is 3. The van der Waals surface area contributed by atoms with Crippen molar-refractivity contribution in [2.75, 3.05) is 5.32 Å². The van der Waals surface area contributed by atoms with Crippen LogP contribution in [0.2, 0.25) is 0 Å². The van der Waals surface area contributed by atoms with Crippen molar-refractivity contribution in [3.63, 3.8) is 0 Å². The minimum Gasteiger partial charge on any atom is -0.326 e. The summed E-state index contributed by atoms with van der Waals surface area (Å²) in [5.74, 6) is 0.492. The molecule has 0 bridgehead atoms. The summed E-state index contributed by atoms with van der Waals surface area (Å²) in [4.78, 5) is 7.33. The molecular weight excluding hydrogens is 267 g/mol. The highest BCUT2D eigenvalue weighted by Crippen LogP contribution is 2.30. The molecule has 0 aliphatic heterocycles. The smallest absolute Gasteiger partial charge is 0.326 e. The van der Waals surface area contributed by atoms with Gasteiger partial charge in [0, 0.05) is 5.69 Å². The number of aromatic nitrogens is 2. The minimum absolute atomic E-state index is 0.492. The fraction of sp³-hybridized carbons (Fsp3) is 0.0714. The maximum absolute atomic E-state index is 12.4. The van der Waals surface area contributed by atoms with Gasteiger partial charge in [-0.15, -0.1) is 0 Å². The SMILES string of the molecule is FC(F)(F)c1ccc(Nc2nc3ccccc3[nH]2)cc1. The van der Waals surface area contributed by atoms with Crippen LogP contribution in [-0.4, -0.2) is 9.97 Å². The number of nitrogens with one attached hydrogen (secondary N) is 2. The summed E-state index contributed by atoms with van der Waals surface area (Å²) in [6, 6.07) is 12.3. The first-order chi connectivity index (χ1) is 9.52. The molecule has 2 N–H and O–H groups in total. The first-order valence-corrected chi connectivity index (χ1v) is 5.91. The molecule has 0 radical (unpaired) electrons. The second-order valence-electron chi connectivity index (χ2n) is 4.30. The van der Waals surface area contributed by atoms with Crippen LogP contribution in [0.1, 0.15) is 5.56 Å². The number of nitrogens with zero attached hydrogens (tertiary/aromatic N) is 1. The molecular formula is C14H10F3N3. The van der Waals surface area contributed by atoms with Gasteiger partial charge < -0.3 is 10.3 Å². The fourth-order valence-electron chi connectivity index (χ4n) is 1.89. The molecule has 3 aromatic rings. The van der Waals surface area contributed by atoms with Gasteiger partial charge in [-0.05, 0) is 36.4 Å². The molecule has 3 nitrogen and oxygen atoms in total. The van der Waals surface area contributed by atoms with Gasteiger partial charge in [0.2, 0.25) is 5.95 Å². The van der Waals surface area contributed by atoms with Crippen LogP contribution in [0.3, 0.4) is 0 Å². The number of fused-ring (bicyclic) bond motifs is 1. The van der Waals surface area contributed by atoms with E-state index in [2.05, 4.69) is 15.3 Å². The third-order valence-electron chi connectivity index (χ3n) is 2.86. The molecule has 1 aromatic heterocycles. The van der Waals surface area contributed by atoms with Gasteiger partial charge in [-0.1, -0.05) is 12.1 Å². The lowest BCUT2D eigenvalue weighted by atomic mass is 10.2.